The van der Waals surface area contributed by atoms with Gasteiger partial charge in [0.05, 0.1) is 6.61 Å². The van der Waals surface area contributed by atoms with E-state index < -0.39 is 67.2 Å². The molecule has 0 radical (unpaired) electrons. The molecule has 0 aliphatic carbocycles. The van der Waals surface area contributed by atoms with E-state index in [2.05, 4.69) is 0 Å². The molecule has 12 heteroatoms. The van der Waals surface area contributed by atoms with E-state index in [0.717, 1.165) is 20.8 Å². The van der Waals surface area contributed by atoms with Gasteiger partial charge in [-0.1, -0.05) is 12.1 Å². The molecule has 0 spiro atoms. The van der Waals surface area contributed by atoms with Crippen LogP contribution in [0.3, 0.4) is 0 Å². The van der Waals surface area contributed by atoms with Crippen LogP contribution in [0.2, 0.25) is 0 Å². The van der Waals surface area contributed by atoms with Crippen LogP contribution in [0, 0.1) is 0 Å². The molecule has 1 heterocycles. The summed E-state index contributed by atoms with van der Waals surface area (Å²) in [5.41, 5.74) is 0.0576. The highest BCUT2D eigenvalue weighted by molar-refractivity contribution is 5.92. The third-order valence-corrected chi connectivity index (χ3v) is 4.57. The van der Waals surface area contributed by atoms with Gasteiger partial charge in [-0.05, 0) is 19.1 Å². The number of rotatable bonds is 9. The summed E-state index contributed by atoms with van der Waals surface area (Å²) < 4.78 is 37.8. The van der Waals surface area contributed by atoms with E-state index >= 15 is 0 Å². The van der Waals surface area contributed by atoms with E-state index in [0.29, 0.717) is 0 Å². The number of benzene rings is 1. The monoisotopic (exact) mass is 496 g/mol. The molecule has 0 N–H and O–H groups in total. The predicted molar refractivity (Wildman–Crippen MR) is 115 cm³/mol. The Morgan fingerprint density at radius 1 is 0.771 bits per heavy atom. The number of carbonyl (C=O) groups excluding carboxylic acids is 5. The maximum absolute atomic E-state index is 12.4. The van der Waals surface area contributed by atoms with Crippen molar-refractivity contribution >= 4 is 29.8 Å². The van der Waals surface area contributed by atoms with Gasteiger partial charge in [0.2, 0.25) is 12.4 Å². The SMILES string of the molecule is CCOC(=O)c1ccccc1O[C@@H]1O[C@H](COC(C)=O)[C@H](OC(C)=O)[C@H](OC(C)=O)[C@H]1OC(C)=O. The molecule has 0 bridgehead atoms. The van der Waals surface area contributed by atoms with Crippen molar-refractivity contribution in [3.05, 3.63) is 29.8 Å². The summed E-state index contributed by atoms with van der Waals surface area (Å²) in [6.45, 7) is 5.85. The first-order valence-electron chi connectivity index (χ1n) is 10.8. The normalized spacial score (nSPS) is 23.4. The van der Waals surface area contributed by atoms with Crippen LogP contribution in [-0.4, -0.2) is 73.8 Å². The summed E-state index contributed by atoms with van der Waals surface area (Å²) in [6, 6.07) is 6.09. The number of hydrogen-bond acceptors (Lipinski definition) is 12. The van der Waals surface area contributed by atoms with E-state index in [1.165, 1.54) is 19.1 Å². The number of carbonyl (C=O) groups is 5. The molecule has 5 atom stereocenters. The molecule has 0 saturated carbocycles. The molecule has 192 valence electrons. The lowest BCUT2D eigenvalue weighted by atomic mass is 9.98. The topological polar surface area (TPSA) is 150 Å². The van der Waals surface area contributed by atoms with Crippen LogP contribution in [0.15, 0.2) is 24.3 Å². The maximum atomic E-state index is 12.4. The van der Waals surface area contributed by atoms with E-state index in [1.54, 1.807) is 19.1 Å². The molecule has 0 aromatic heterocycles. The number of para-hydroxylation sites is 1. The van der Waals surface area contributed by atoms with Crippen LogP contribution >= 0.6 is 0 Å². The Morgan fingerprint density at radius 3 is 1.91 bits per heavy atom. The number of ether oxygens (including phenoxy) is 7. The molecule has 1 aromatic rings. The Balaban J connectivity index is 2.51. The van der Waals surface area contributed by atoms with Crippen molar-refractivity contribution in [2.45, 2.75) is 65.3 Å². The van der Waals surface area contributed by atoms with Crippen LogP contribution < -0.4 is 4.74 Å². The maximum Gasteiger partial charge on any atom is 0.341 e. The summed E-state index contributed by atoms with van der Waals surface area (Å²) in [5, 5.41) is 0. The molecule has 1 fully saturated rings. The Hall–Kier alpha value is -3.67. The Kier molecular flexibility index (Phi) is 10.0. The predicted octanol–water partition coefficient (Wildman–Crippen LogP) is 1.33. The molecule has 1 saturated heterocycles. The van der Waals surface area contributed by atoms with Crippen molar-refractivity contribution < 1.29 is 57.1 Å². The molecule has 0 unspecified atom stereocenters. The molecule has 12 nitrogen and oxygen atoms in total. The first-order chi connectivity index (χ1) is 16.5. The van der Waals surface area contributed by atoms with E-state index in [9.17, 15) is 24.0 Å². The fourth-order valence-electron chi connectivity index (χ4n) is 3.36. The summed E-state index contributed by atoms with van der Waals surface area (Å²) in [7, 11) is 0. The van der Waals surface area contributed by atoms with Gasteiger partial charge in [0.15, 0.2) is 12.2 Å². The third kappa shape index (κ3) is 7.95. The Morgan fingerprint density at radius 2 is 1.34 bits per heavy atom. The summed E-state index contributed by atoms with van der Waals surface area (Å²) in [5.74, 6) is -3.60. The lowest BCUT2D eigenvalue weighted by molar-refractivity contribution is -0.288. The van der Waals surface area contributed by atoms with Crippen LogP contribution in [0.25, 0.3) is 0 Å². The van der Waals surface area contributed by atoms with Crippen molar-refractivity contribution in [3.8, 4) is 5.75 Å². The van der Waals surface area contributed by atoms with Crippen LogP contribution in [0.1, 0.15) is 45.0 Å². The zero-order chi connectivity index (χ0) is 26.1. The molecule has 0 amide bonds. The second kappa shape index (κ2) is 12.7. The van der Waals surface area contributed by atoms with Gasteiger partial charge in [0.25, 0.3) is 0 Å². The van der Waals surface area contributed by atoms with Gasteiger partial charge in [-0.3, -0.25) is 19.2 Å². The van der Waals surface area contributed by atoms with Gasteiger partial charge in [0, 0.05) is 27.7 Å². The molecule has 35 heavy (non-hydrogen) atoms. The molecule has 2 rings (SSSR count). The number of esters is 5. The smallest absolute Gasteiger partial charge is 0.341 e. The minimum atomic E-state index is -1.47. The molecule has 1 aliphatic heterocycles. The van der Waals surface area contributed by atoms with Gasteiger partial charge in [-0.2, -0.15) is 0 Å². The first kappa shape index (κ1) is 27.6. The van der Waals surface area contributed by atoms with Crippen molar-refractivity contribution in [2.24, 2.45) is 0 Å². The minimum absolute atomic E-state index is 0.0202. The summed E-state index contributed by atoms with van der Waals surface area (Å²) >= 11 is 0. The van der Waals surface area contributed by atoms with Gasteiger partial charge >= 0.3 is 29.8 Å². The Labute approximate surface area is 201 Å². The van der Waals surface area contributed by atoms with Crippen molar-refractivity contribution in [1.29, 1.82) is 0 Å². The lowest BCUT2D eigenvalue weighted by Gasteiger charge is -2.44. The van der Waals surface area contributed by atoms with Gasteiger partial charge in [-0.15, -0.1) is 0 Å². The van der Waals surface area contributed by atoms with E-state index in [4.69, 9.17) is 33.2 Å². The quantitative estimate of drug-likeness (QED) is 0.358. The fourth-order valence-corrected chi connectivity index (χ4v) is 3.36. The zero-order valence-electron chi connectivity index (χ0n) is 20.0. The van der Waals surface area contributed by atoms with Crippen molar-refractivity contribution in [2.75, 3.05) is 13.2 Å². The van der Waals surface area contributed by atoms with E-state index in [1.807, 2.05) is 0 Å². The second-order valence-corrected chi connectivity index (χ2v) is 7.40. The van der Waals surface area contributed by atoms with Crippen LogP contribution in [0.5, 0.6) is 5.75 Å². The molecular formula is C23H28O12. The summed E-state index contributed by atoms with van der Waals surface area (Å²) in [6.07, 6.45) is -6.79. The van der Waals surface area contributed by atoms with Gasteiger partial charge < -0.3 is 33.2 Å². The highest BCUT2D eigenvalue weighted by Crippen LogP contribution is 2.32. The first-order valence-corrected chi connectivity index (χ1v) is 10.8. The second-order valence-electron chi connectivity index (χ2n) is 7.40. The fraction of sp³-hybridized carbons (Fsp3) is 0.522. The Bertz CT molecular complexity index is 942. The lowest BCUT2D eigenvalue weighted by Crippen LogP contribution is -2.63. The highest BCUT2D eigenvalue weighted by atomic mass is 16.7. The summed E-state index contributed by atoms with van der Waals surface area (Å²) in [4.78, 5) is 59.4. The zero-order valence-corrected chi connectivity index (χ0v) is 20.0. The molecule has 1 aliphatic rings. The molecular weight excluding hydrogens is 468 g/mol. The third-order valence-electron chi connectivity index (χ3n) is 4.57. The van der Waals surface area contributed by atoms with Gasteiger partial charge in [-0.25, -0.2) is 4.79 Å². The largest absolute Gasteiger partial charge is 0.463 e. The molecule has 1 aromatic carbocycles. The minimum Gasteiger partial charge on any atom is -0.463 e. The average Bonchev–Trinajstić information content (AvgIpc) is 2.76. The average molecular weight is 496 g/mol. The van der Waals surface area contributed by atoms with Crippen molar-refractivity contribution in [3.63, 3.8) is 0 Å². The van der Waals surface area contributed by atoms with Crippen LogP contribution in [0.4, 0.5) is 0 Å². The van der Waals surface area contributed by atoms with Gasteiger partial charge in [0.1, 0.15) is 24.0 Å². The van der Waals surface area contributed by atoms with E-state index in [-0.39, 0.29) is 17.9 Å². The standard InChI is InChI=1S/C23H28O12/c1-6-29-22(28)16-9-7-8-10-17(16)34-23-21(33-15(5)27)20(32-14(4)26)19(31-13(3)25)18(35-23)11-30-12(2)24/h7-10,18-21,23H,6,11H2,1-5H3/t18-,19+,20+,21-,23-/m1/s1. The van der Waals surface area contributed by atoms with Crippen LogP contribution in [-0.2, 0) is 47.6 Å². The van der Waals surface area contributed by atoms with Crippen molar-refractivity contribution in [1.82, 2.24) is 0 Å². The highest BCUT2D eigenvalue weighted by Gasteiger charge is 2.53. The number of hydrogen-bond donors (Lipinski definition) is 0.